The van der Waals surface area contributed by atoms with Gasteiger partial charge in [-0.05, 0) is 48.9 Å². The SMILES string of the molecule is CCOc1cccc(C2/C(=C(\O)c3ccc([N+](=O)[O-])cc3)C(=O)C(=O)N2c2ccc3c(c2)OCO3)c1. The minimum absolute atomic E-state index is 0.0393. The fourth-order valence-corrected chi connectivity index (χ4v) is 4.29. The molecular weight excluding hydrogens is 468 g/mol. The molecule has 3 aromatic carbocycles. The number of carbonyl (C=O) groups is 2. The molecule has 0 spiro atoms. The topological polar surface area (TPSA) is 128 Å². The van der Waals surface area contributed by atoms with Crippen molar-refractivity contribution >= 4 is 28.8 Å². The summed E-state index contributed by atoms with van der Waals surface area (Å²) in [5, 5.41) is 22.2. The van der Waals surface area contributed by atoms with E-state index in [0.717, 1.165) is 0 Å². The highest BCUT2D eigenvalue weighted by Crippen LogP contribution is 2.45. The Morgan fingerprint density at radius 3 is 2.56 bits per heavy atom. The van der Waals surface area contributed by atoms with Crippen LogP contribution in [-0.2, 0) is 9.59 Å². The average molecular weight is 488 g/mol. The molecule has 10 nitrogen and oxygen atoms in total. The van der Waals surface area contributed by atoms with Crippen LogP contribution in [-0.4, -0.2) is 35.1 Å². The Morgan fingerprint density at radius 1 is 1.08 bits per heavy atom. The molecule has 2 aliphatic rings. The number of nitro groups is 1. The summed E-state index contributed by atoms with van der Waals surface area (Å²) in [6.45, 7) is 2.28. The van der Waals surface area contributed by atoms with E-state index in [1.165, 1.54) is 29.2 Å². The van der Waals surface area contributed by atoms with E-state index in [-0.39, 0.29) is 23.6 Å². The molecule has 1 unspecified atom stereocenters. The second-order valence-corrected chi connectivity index (χ2v) is 8.02. The van der Waals surface area contributed by atoms with Gasteiger partial charge in [0.1, 0.15) is 11.5 Å². The summed E-state index contributed by atoms with van der Waals surface area (Å²) in [6.07, 6.45) is 0. The van der Waals surface area contributed by atoms with Crippen molar-refractivity contribution in [3.8, 4) is 17.2 Å². The third-order valence-corrected chi connectivity index (χ3v) is 5.92. The van der Waals surface area contributed by atoms with E-state index in [0.29, 0.717) is 35.1 Å². The Bertz CT molecular complexity index is 1410. The molecule has 0 radical (unpaired) electrons. The van der Waals surface area contributed by atoms with Crippen LogP contribution in [0.3, 0.4) is 0 Å². The molecule has 1 amide bonds. The number of amides is 1. The quantitative estimate of drug-likeness (QED) is 0.178. The molecule has 2 aliphatic heterocycles. The van der Waals surface area contributed by atoms with Crippen LogP contribution < -0.4 is 19.1 Å². The van der Waals surface area contributed by atoms with Gasteiger partial charge in [-0.3, -0.25) is 24.6 Å². The van der Waals surface area contributed by atoms with E-state index in [1.54, 1.807) is 42.5 Å². The lowest BCUT2D eigenvalue weighted by atomic mass is 9.95. The fraction of sp³-hybridized carbons (Fsp3) is 0.154. The monoisotopic (exact) mass is 488 g/mol. The zero-order valence-corrected chi connectivity index (χ0v) is 19.0. The van der Waals surface area contributed by atoms with Crippen molar-refractivity contribution in [3.05, 3.63) is 93.5 Å². The molecule has 5 rings (SSSR count). The second kappa shape index (κ2) is 9.06. The number of nitrogens with zero attached hydrogens (tertiary/aromatic N) is 2. The number of anilines is 1. The minimum atomic E-state index is -0.999. The lowest BCUT2D eigenvalue weighted by Crippen LogP contribution is -2.29. The number of Topliss-reactive ketones (excluding diaryl/α,β-unsaturated/α-hetero) is 1. The summed E-state index contributed by atoms with van der Waals surface area (Å²) >= 11 is 0. The van der Waals surface area contributed by atoms with Crippen molar-refractivity contribution in [3.63, 3.8) is 0 Å². The van der Waals surface area contributed by atoms with Gasteiger partial charge < -0.3 is 19.3 Å². The zero-order valence-electron chi connectivity index (χ0n) is 19.0. The van der Waals surface area contributed by atoms with Gasteiger partial charge in [0.25, 0.3) is 17.4 Å². The molecule has 36 heavy (non-hydrogen) atoms. The maximum atomic E-state index is 13.3. The van der Waals surface area contributed by atoms with E-state index in [1.807, 2.05) is 6.92 Å². The van der Waals surface area contributed by atoms with Crippen LogP contribution in [0.4, 0.5) is 11.4 Å². The predicted molar refractivity (Wildman–Crippen MR) is 128 cm³/mol. The van der Waals surface area contributed by atoms with Crippen molar-refractivity contribution < 1.29 is 33.8 Å². The van der Waals surface area contributed by atoms with E-state index < -0.39 is 28.4 Å². The Hall–Kier alpha value is -4.86. The van der Waals surface area contributed by atoms with Crippen molar-refractivity contribution in [1.82, 2.24) is 0 Å². The molecule has 3 aromatic rings. The molecular formula is C26H20N2O8. The normalized spacial score (nSPS) is 17.9. The van der Waals surface area contributed by atoms with Gasteiger partial charge in [-0.1, -0.05) is 12.1 Å². The van der Waals surface area contributed by atoms with Crippen molar-refractivity contribution in [2.75, 3.05) is 18.3 Å². The van der Waals surface area contributed by atoms with Crippen LogP contribution in [0.5, 0.6) is 17.2 Å². The molecule has 0 saturated carbocycles. The summed E-state index contributed by atoms with van der Waals surface area (Å²) < 4.78 is 16.4. The number of hydrogen-bond donors (Lipinski definition) is 1. The van der Waals surface area contributed by atoms with Gasteiger partial charge in [0.05, 0.1) is 23.1 Å². The first-order valence-electron chi connectivity index (χ1n) is 11.1. The highest BCUT2D eigenvalue weighted by molar-refractivity contribution is 6.51. The number of hydrogen-bond acceptors (Lipinski definition) is 8. The highest BCUT2D eigenvalue weighted by atomic mass is 16.7. The molecule has 2 heterocycles. The Labute approximate surface area is 205 Å². The molecule has 182 valence electrons. The lowest BCUT2D eigenvalue weighted by Gasteiger charge is -2.26. The highest BCUT2D eigenvalue weighted by Gasteiger charge is 2.47. The average Bonchev–Trinajstić information content (AvgIpc) is 3.46. The summed E-state index contributed by atoms with van der Waals surface area (Å²) in [6, 6.07) is 15.9. The summed E-state index contributed by atoms with van der Waals surface area (Å²) in [5.74, 6) is -0.720. The van der Waals surface area contributed by atoms with Crippen molar-refractivity contribution in [2.24, 2.45) is 0 Å². The van der Waals surface area contributed by atoms with Gasteiger partial charge >= 0.3 is 0 Å². The first-order valence-corrected chi connectivity index (χ1v) is 11.1. The second-order valence-electron chi connectivity index (χ2n) is 8.02. The van der Waals surface area contributed by atoms with E-state index >= 15 is 0 Å². The minimum Gasteiger partial charge on any atom is -0.507 e. The number of carbonyl (C=O) groups excluding carboxylic acids is 2. The zero-order chi connectivity index (χ0) is 25.4. The number of rotatable bonds is 6. The molecule has 0 aliphatic carbocycles. The van der Waals surface area contributed by atoms with Crippen molar-refractivity contribution in [1.29, 1.82) is 0 Å². The number of ether oxygens (including phenoxy) is 3. The van der Waals surface area contributed by atoms with E-state index in [2.05, 4.69) is 0 Å². The van der Waals surface area contributed by atoms with Gasteiger partial charge in [0.2, 0.25) is 6.79 Å². The number of fused-ring (bicyclic) bond motifs is 1. The van der Waals surface area contributed by atoms with Crippen LogP contribution in [0.2, 0.25) is 0 Å². The summed E-state index contributed by atoms with van der Waals surface area (Å²) in [7, 11) is 0. The molecule has 10 heteroatoms. The predicted octanol–water partition coefficient (Wildman–Crippen LogP) is 4.35. The summed E-state index contributed by atoms with van der Waals surface area (Å²) in [4.78, 5) is 38.4. The number of ketones is 1. The molecule has 0 aromatic heterocycles. The van der Waals surface area contributed by atoms with E-state index in [4.69, 9.17) is 14.2 Å². The first-order chi connectivity index (χ1) is 17.4. The lowest BCUT2D eigenvalue weighted by molar-refractivity contribution is -0.384. The Balaban J connectivity index is 1.68. The first kappa shape index (κ1) is 22.9. The Kier molecular flexibility index (Phi) is 5.77. The number of aliphatic hydroxyl groups is 1. The van der Waals surface area contributed by atoms with Crippen LogP contribution in [0, 0.1) is 10.1 Å². The van der Waals surface area contributed by atoms with Crippen LogP contribution >= 0.6 is 0 Å². The summed E-state index contributed by atoms with van der Waals surface area (Å²) in [5.41, 5.74) is 0.737. The molecule has 1 atom stereocenters. The molecule has 1 saturated heterocycles. The van der Waals surface area contributed by atoms with Crippen LogP contribution in [0.15, 0.2) is 72.3 Å². The van der Waals surface area contributed by atoms with Crippen molar-refractivity contribution in [2.45, 2.75) is 13.0 Å². The van der Waals surface area contributed by atoms with Gasteiger partial charge in [0, 0.05) is 29.4 Å². The smallest absolute Gasteiger partial charge is 0.300 e. The molecule has 1 fully saturated rings. The third-order valence-electron chi connectivity index (χ3n) is 5.92. The van der Waals surface area contributed by atoms with Gasteiger partial charge in [-0.15, -0.1) is 0 Å². The third kappa shape index (κ3) is 3.88. The van der Waals surface area contributed by atoms with E-state index in [9.17, 15) is 24.8 Å². The Morgan fingerprint density at radius 2 is 1.83 bits per heavy atom. The fourth-order valence-electron chi connectivity index (χ4n) is 4.29. The number of aliphatic hydroxyl groups excluding tert-OH is 1. The molecule has 1 N–H and O–H groups in total. The van der Waals surface area contributed by atoms with Gasteiger partial charge in [0.15, 0.2) is 11.5 Å². The van der Waals surface area contributed by atoms with Crippen LogP contribution in [0.25, 0.3) is 5.76 Å². The van der Waals surface area contributed by atoms with Crippen LogP contribution in [0.1, 0.15) is 24.1 Å². The largest absolute Gasteiger partial charge is 0.507 e. The maximum Gasteiger partial charge on any atom is 0.300 e. The number of nitro benzene ring substituents is 1. The van der Waals surface area contributed by atoms with Gasteiger partial charge in [-0.25, -0.2) is 0 Å². The molecule has 0 bridgehead atoms. The van der Waals surface area contributed by atoms with Gasteiger partial charge in [-0.2, -0.15) is 0 Å². The maximum absolute atomic E-state index is 13.3. The number of benzene rings is 3. The number of non-ortho nitro benzene ring substituents is 1. The standard InChI is InChI=1S/C26H20N2O8/c1-2-34-19-5-3-4-16(12-19)23-22(24(29)15-6-8-17(9-7-15)28(32)33)25(30)26(31)27(23)18-10-11-20-21(13-18)36-14-35-20/h3-13,23,29H,2,14H2,1H3/b24-22+.